The molecule has 2 aromatic carbocycles. The quantitative estimate of drug-likeness (QED) is 0.743. The number of ketones is 1. The average molecular weight is 250 g/mol. The Balaban J connectivity index is 2.55. The first-order valence-electron chi connectivity index (χ1n) is 5.25. The van der Waals surface area contributed by atoms with E-state index >= 15 is 0 Å². The SMILES string of the molecule is Cc1cc(F)ccc1C(=O)c1c(F)cccc1F. The first kappa shape index (κ1) is 12.4. The molecule has 0 atom stereocenters. The molecule has 18 heavy (non-hydrogen) atoms. The second kappa shape index (κ2) is 4.64. The van der Waals surface area contributed by atoms with Gasteiger partial charge in [0, 0.05) is 5.56 Å². The summed E-state index contributed by atoms with van der Waals surface area (Å²) in [6.07, 6.45) is 0. The molecular formula is C14H9F3O. The van der Waals surface area contributed by atoms with Crippen LogP contribution in [0.5, 0.6) is 0 Å². The third-order valence-corrected chi connectivity index (χ3v) is 2.62. The average Bonchev–Trinajstić information content (AvgIpc) is 2.28. The van der Waals surface area contributed by atoms with Crippen molar-refractivity contribution in [1.82, 2.24) is 0 Å². The van der Waals surface area contributed by atoms with Gasteiger partial charge in [0.2, 0.25) is 0 Å². The van der Waals surface area contributed by atoms with Gasteiger partial charge >= 0.3 is 0 Å². The Morgan fingerprint density at radius 2 is 1.61 bits per heavy atom. The summed E-state index contributed by atoms with van der Waals surface area (Å²) in [7, 11) is 0. The van der Waals surface area contributed by atoms with Gasteiger partial charge in [-0.2, -0.15) is 0 Å². The highest BCUT2D eigenvalue weighted by Gasteiger charge is 2.20. The van der Waals surface area contributed by atoms with Crippen LogP contribution in [0.2, 0.25) is 0 Å². The van der Waals surface area contributed by atoms with Gasteiger partial charge in [-0.3, -0.25) is 4.79 Å². The van der Waals surface area contributed by atoms with Crippen molar-refractivity contribution in [2.75, 3.05) is 0 Å². The van der Waals surface area contributed by atoms with Gasteiger partial charge in [0.1, 0.15) is 17.5 Å². The number of aryl methyl sites for hydroxylation is 1. The maximum atomic E-state index is 13.5. The predicted molar refractivity (Wildman–Crippen MR) is 60.9 cm³/mol. The molecule has 0 amide bonds. The zero-order valence-corrected chi connectivity index (χ0v) is 9.51. The molecule has 0 spiro atoms. The topological polar surface area (TPSA) is 17.1 Å². The second-order valence-corrected chi connectivity index (χ2v) is 3.89. The normalized spacial score (nSPS) is 10.4. The smallest absolute Gasteiger partial charge is 0.199 e. The minimum Gasteiger partial charge on any atom is -0.288 e. The van der Waals surface area contributed by atoms with E-state index in [0.29, 0.717) is 5.56 Å². The van der Waals surface area contributed by atoms with Crippen LogP contribution >= 0.6 is 0 Å². The summed E-state index contributed by atoms with van der Waals surface area (Å²) in [5.74, 6) is -3.14. The molecule has 0 aromatic heterocycles. The fourth-order valence-corrected chi connectivity index (χ4v) is 1.73. The van der Waals surface area contributed by atoms with Crippen LogP contribution < -0.4 is 0 Å². The summed E-state index contributed by atoms with van der Waals surface area (Å²) in [5, 5.41) is 0. The Labute approximate surface area is 102 Å². The zero-order valence-electron chi connectivity index (χ0n) is 9.51. The monoisotopic (exact) mass is 250 g/mol. The summed E-state index contributed by atoms with van der Waals surface area (Å²) in [4.78, 5) is 12.0. The van der Waals surface area contributed by atoms with E-state index in [2.05, 4.69) is 0 Å². The van der Waals surface area contributed by atoms with E-state index < -0.39 is 28.8 Å². The molecule has 0 aliphatic heterocycles. The van der Waals surface area contributed by atoms with Crippen molar-refractivity contribution in [2.45, 2.75) is 6.92 Å². The molecule has 0 aliphatic rings. The Morgan fingerprint density at radius 3 is 2.17 bits per heavy atom. The highest BCUT2D eigenvalue weighted by Crippen LogP contribution is 2.19. The van der Waals surface area contributed by atoms with Crippen molar-refractivity contribution in [1.29, 1.82) is 0 Å². The predicted octanol–water partition coefficient (Wildman–Crippen LogP) is 3.64. The van der Waals surface area contributed by atoms with Crippen molar-refractivity contribution in [3.05, 3.63) is 70.5 Å². The maximum Gasteiger partial charge on any atom is 0.199 e. The molecule has 0 saturated carbocycles. The van der Waals surface area contributed by atoms with Crippen LogP contribution in [0.15, 0.2) is 36.4 Å². The van der Waals surface area contributed by atoms with Crippen LogP contribution in [-0.4, -0.2) is 5.78 Å². The van der Waals surface area contributed by atoms with E-state index in [1.54, 1.807) is 0 Å². The fraction of sp³-hybridized carbons (Fsp3) is 0.0714. The van der Waals surface area contributed by atoms with Gasteiger partial charge < -0.3 is 0 Å². The lowest BCUT2D eigenvalue weighted by Gasteiger charge is -2.07. The lowest BCUT2D eigenvalue weighted by Crippen LogP contribution is -2.09. The maximum absolute atomic E-state index is 13.5. The highest BCUT2D eigenvalue weighted by molar-refractivity contribution is 6.10. The van der Waals surface area contributed by atoms with Crippen molar-refractivity contribution < 1.29 is 18.0 Å². The van der Waals surface area contributed by atoms with Gasteiger partial charge in [-0.1, -0.05) is 6.07 Å². The molecule has 0 N–H and O–H groups in total. The molecule has 0 heterocycles. The first-order valence-corrected chi connectivity index (χ1v) is 5.25. The van der Waals surface area contributed by atoms with Crippen LogP contribution in [-0.2, 0) is 0 Å². The van der Waals surface area contributed by atoms with E-state index in [0.717, 1.165) is 24.3 Å². The van der Waals surface area contributed by atoms with Crippen LogP contribution in [0.3, 0.4) is 0 Å². The Morgan fingerprint density at radius 1 is 1.00 bits per heavy atom. The molecule has 2 rings (SSSR count). The molecule has 0 aliphatic carbocycles. The van der Waals surface area contributed by atoms with Crippen LogP contribution in [0.25, 0.3) is 0 Å². The lowest BCUT2D eigenvalue weighted by molar-refractivity contribution is 0.103. The van der Waals surface area contributed by atoms with Crippen molar-refractivity contribution in [3.8, 4) is 0 Å². The van der Waals surface area contributed by atoms with Gasteiger partial charge in [0.15, 0.2) is 5.78 Å². The van der Waals surface area contributed by atoms with E-state index in [1.807, 2.05) is 0 Å². The number of carbonyl (C=O) groups excluding carboxylic acids is 1. The number of rotatable bonds is 2. The molecule has 2 aromatic rings. The van der Waals surface area contributed by atoms with Crippen molar-refractivity contribution >= 4 is 5.78 Å². The number of benzene rings is 2. The molecule has 0 saturated heterocycles. The van der Waals surface area contributed by atoms with Gasteiger partial charge in [-0.05, 0) is 42.8 Å². The van der Waals surface area contributed by atoms with E-state index in [4.69, 9.17) is 0 Å². The third kappa shape index (κ3) is 2.14. The molecule has 92 valence electrons. The lowest BCUT2D eigenvalue weighted by atomic mass is 9.98. The number of carbonyl (C=O) groups is 1. The number of halogens is 3. The molecule has 0 unspecified atom stereocenters. The summed E-state index contributed by atoms with van der Waals surface area (Å²) < 4.78 is 39.8. The largest absolute Gasteiger partial charge is 0.288 e. The molecule has 0 radical (unpaired) electrons. The summed E-state index contributed by atoms with van der Waals surface area (Å²) in [6.45, 7) is 1.51. The second-order valence-electron chi connectivity index (χ2n) is 3.89. The molecule has 0 fully saturated rings. The Hall–Kier alpha value is -2.10. The van der Waals surface area contributed by atoms with Crippen LogP contribution in [0.1, 0.15) is 21.5 Å². The first-order chi connectivity index (χ1) is 8.50. The van der Waals surface area contributed by atoms with Crippen LogP contribution in [0.4, 0.5) is 13.2 Å². The minimum absolute atomic E-state index is 0.0837. The van der Waals surface area contributed by atoms with Gasteiger partial charge in [0.05, 0.1) is 5.56 Å². The summed E-state index contributed by atoms with van der Waals surface area (Å²) in [5.41, 5.74) is -0.199. The van der Waals surface area contributed by atoms with Crippen molar-refractivity contribution in [2.24, 2.45) is 0 Å². The third-order valence-electron chi connectivity index (χ3n) is 2.62. The van der Waals surface area contributed by atoms with Gasteiger partial charge in [-0.25, -0.2) is 13.2 Å². The number of hydrogen-bond donors (Lipinski definition) is 0. The van der Waals surface area contributed by atoms with Gasteiger partial charge in [-0.15, -0.1) is 0 Å². The zero-order chi connectivity index (χ0) is 13.3. The van der Waals surface area contributed by atoms with E-state index in [1.165, 1.54) is 19.1 Å². The minimum atomic E-state index is -0.927. The van der Waals surface area contributed by atoms with Crippen molar-refractivity contribution in [3.63, 3.8) is 0 Å². The fourth-order valence-electron chi connectivity index (χ4n) is 1.73. The van der Waals surface area contributed by atoms with E-state index in [9.17, 15) is 18.0 Å². The van der Waals surface area contributed by atoms with E-state index in [-0.39, 0.29) is 5.56 Å². The summed E-state index contributed by atoms with van der Waals surface area (Å²) >= 11 is 0. The van der Waals surface area contributed by atoms with Gasteiger partial charge in [0.25, 0.3) is 0 Å². The molecular weight excluding hydrogens is 241 g/mol. The highest BCUT2D eigenvalue weighted by atomic mass is 19.1. The Kier molecular flexibility index (Phi) is 3.19. The molecule has 1 nitrogen and oxygen atoms in total. The molecule has 4 heteroatoms. The Bertz CT molecular complexity index is 600. The standard InChI is InChI=1S/C14H9F3O/c1-8-7-9(15)5-6-10(8)14(18)13-11(16)3-2-4-12(13)17/h2-7H,1H3. The molecule has 0 bridgehead atoms. The summed E-state index contributed by atoms with van der Waals surface area (Å²) in [6, 6.07) is 6.65. The van der Waals surface area contributed by atoms with Crippen LogP contribution in [0, 0.1) is 24.4 Å². The number of hydrogen-bond acceptors (Lipinski definition) is 1.